The summed E-state index contributed by atoms with van der Waals surface area (Å²) >= 11 is 0. The van der Waals surface area contributed by atoms with Crippen LogP contribution >= 0.6 is 0 Å². The van der Waals surface area contributed by atoms with E-state index < -0.39 is 0 Å². The molecule has 6 heteroatoms. The van der Waals surface area contributed by atoms with E-state index in [2.05, 4.69) is 15.8 Å². The lowest BCUT2D eigenvalue weighted by Gasteiger charge is -2.09. The van der Waals surface area contributed by atoms with E-state index >= 15 is 0 Å². The molecule has 2 rings (SSSR count). The number of aromatic nitrogens is 1. The molecule has 0 aliphatic heterocycles. The minimum atomic E-state index is -0.384. The zero-order chi connectivity index (χ0) is 14.5. The van der Waals surface area contributed by atoms with Gasteiger partial charge in [0.2, 0.25) is 0 Å². The Labute approximate surface area is 129 Å². The number of pyridine rings is 1. The maximum absolute atomic E-state index is 12.0. The number of aryl methyl sites for hydroxylation is 2. The number of amides is 2. The van der Waals surface area contributed by atoms with Crippen molar-refractivity contribution in [3.8, 4) is 0 Å². The highest BCUT2D eigenvalue weighted by molar-refractivity contribution is 5.99. The van der Waals surface area contributed by atoms with E-state index in [9.17, 15) is 9.59 Å². The molecule has 5 nitrogen and oxygen atoms in total. The Kier molecular flexibility index (Phi) is 5.87. The van der Waals surface area contributed by atoms with Gasteiger partial charge in [0.15, 0.2) is 0 Å². The maximum Gasteiger partial charge on any atom is 0.269 e. The first-order valence-electron chi connectivity index (χ1n) is 6.16. The van der Waals surface area contributed by atoms with Crippen molar-refractivity contribution >= 4 is 11.8 Å². The summed E-state index contributed by atoms with van der Waals surface area (Å²) in [5.74, 6) is -0.726. The van der Waals surface area contributed by atoms with E-state index in [-0.39, 0.29) is 24.2 Å². The predicted octanol–water partition coefficient (Wildman–Crippen LogP) is -1.22. The van der Waals surface area contributed by atoms with Crippen LogP contribution in [0.4, 0.5) is 0 Å². The molecule has 0 radical (unpaired) electrons. The largest absolute Gasteiger partial charge is 1.00 e. The summed E-state index contributed by atoms with van der Waals surface area (Å²) in [6.45, 7) is 3.81. The fourth-order valence-electron chi connectivity index (χ4n) is 1.82. The van der Waals surface area contributed by atoms with Crippen LogP contribution in [0, 0.1) is 13.8 Å². The molecule has 0 atom stereocenters. The molecular weight excluding hydrogens is 290 g/mol. The summed E-state index contributed by atoms with van der Waals surface area (Å²) < 4.78 is 0. The third-order valence-electron chi connectivity index (χ3n) is 2.86. The molecular formula is C15H15ClN3O2-. The SMILES string of the molecule is Cc1ccc(C(=O)NNC(=O)c2ccncc2)c(C)c1.[Cl-]. The van der Waals surface area contributed by atoms with Gasteiger partial charge in [0.25, 0.3) is 11.8 Å². The molecule has 0 saturated carbocycles. The van der Waals surface area contributed by atoms with Gasteiger partial charge in [-0.2, -0.15) is 0 Å². The van der Waals surface area contributed by atoms with E-state index in [0.717, 1.165) is 11.1 Å². The first-order chi connectivity index (χ1) is 9.58. The Balaban J connectivity index is 0.00000220. The standard InChI is InChI=1S/C15H15N3O2.ClH/c1-10-3-4-13(11(2)9-10)15(20)18-17-14(19)12-5-7-16-8-6-12;/h3-9H,1-2H3,(H,17,19)(H,18,20);1H/p-1. The van der Waals surface area contributed by atoms with Gasteiger partial charge in [0.05, 0.1) is 0 Å². The van der Waals surface area contributed by atoms with E-state index in [1.165, 1.54) is 12.4 Å². The zero-order valence-electron chi connectivity index (χ0n) is 11.7. The van der Waals surface area contributed by atoms with Gasteiger partial charge >= 0.3 is 0 Å². The third-order valence-corrected chi connectivity index (χ3v) is 2.86. The molecule has 0 bridgehead atoms. The van der Waals surface area contributed by atoms with Crippen molar-refractivity contribution in [3.63, 3.8) is 0 Å². The maximum atomic E-state index is 12.0. The lowest BCUT2D eigenvalue weighted by Crippen LogP contribution is -3.00. The summed E-state index contributed by atoms with van der Waals surface area (Å²) in [5, 5.41) is 0. The quantitative estimate of drug-likeness (QED) is 0.683. The second-order valence-corrected chi connectivity index (χ2v) is 4.46. The highest BCUT2D eigenvalue weighted by Crippen LogP contribution is 2.09. The van der Waals surface area contributed by atoms with Gasteiger partial charge in [-0.25, -0.2) is 0 Å². The van der Waals surface area contributed by atoms with E-state index in [1.54, 1.807) is 18.2 Å². The van der Waals surface area contributed by atoms with Gasteiger partial charge in [0.1, 0.15) is 0 Å². The minimum Gasteiger partial charge on any atom is -1.00 e. The van der Waals surface area contributed by atoms with Crippen LogP contribution in [0.2, 0.25) is 0 Å². The Morgan fingerprint density at radius 2 is 1.57 bits per heavy atom. The van der Waals surface area contributed by atoms with Crippen molar-refractivity contribution in [1.29, 1.82) is 0 Å². The van der Waals surface area contributed by atoms with E-state index in [0.29, 0.717) is 11.1 Å². The highest BCUT2D eigenvalue weighted by atomic mass is 35.5. The number of carbonyl (C=O) groups excluding carboxylic acids is 2. The van der Waals surface area contributed by atoms with Gasteiger partial charge in [-0.1, -0.05) is 17.7 Å². The number of hydrogen-bond acceptors (Lipinski definition) is 3. The van der Waals surface area contributed by atoms with Gasteiger partial charge < -0.3 is 12.4 Å². The molecule has 2 amide bonds. The van der Waals surface area contributed by atoms with Crippen molar-refractivity contribution < 1.29 is 22.0 Å². The van der Waals surface area contributed by atoms with Crippen molar-refractivity contribution in [1.82, 2.24) is 15.8 Å². The molecule has 2 aromatic rings. The number of nitrogens with zero attached hydrogens (tertiary/aromatic N) is 1. The normalized spacial score (nSPS) is 9.43. The van der Waals surface area contributed by atoms with Crippen LogP contribution in [0.25, 0.3) is 0 Å². The van der Waals surface area contributed by atoms with E-state index in [1.807, 2.05) is 26.0 Å². The monoisotopic (exact) mass is 304 g/mol. The lowest BCUT2D eigenvalue weighted by molar-refractivity contribution is -0.0000194. The topological polar surface area (TPSA) is 71.1 Å². The zero-order valence-corrected chi connectivity index (χ0v) is 12.4. The van der Waals surface area contributed by atoms with Crippen LogP contribution in [-0.4, -0.2) is 16.8 Å². The summed E-state index contributed by atoms with van der Waals surface area (Å²) in [4.78, 5) is 27.6. The van der Waals surface area contributed by atoms with Crippen LogP contribution in [0.3, 0.4) is 0 Å². The van der Waals surface area contributed by atoms with E-state index in [4.69, 9.17) is 0 Å². The van der Waals surface area contributed by atoms with Crippen LogP contribution < -0.4 is 23.3 Å². The first-order valence-corrected chi connectivity index (χ1v) is 6.16. The fraction of sp³-hybridized carbons (Fsp3) is 0.133. The summed E-state index contributed by atoms with van der Waals surface area (Å²) in [6, 6.07) is 8.64. The van der Waals surface area contributed by atoms with Gasteiger partial charge in [-0.3, -0.25) is 25.4 Å². The number of hydrazine groups is 1. The van der Waals surface area contributed by atoms with Crippen molar-refractivity contribution in [2.45, 2.75) is 13.8 Å². The molecule has 0 spiro atoms. The van der Waals surface area contributed by atoms with Crippen molar-refractivity contribution in [2.75, 3.05) is 0 Å². The molecule has 0 unspecified atom stereocenters. The molecule has 2 N–H and O–H groups in total. The number of benzene rings is 1. The Hall–Kier alpha value is -2.40. The average Bonchev–Trinajstić information content (AvgIpc) is 2.45. The number of halogens is 1. The van der Waals surface area contributed by atoms with Crippen LogP contribution in [0.1, 0.15) is 31.8 Å². The van der Waals surface area contributed by atoms with Crippen LogP contribution in [0.15, 0.2) is 42.7 Å². The third kappa shape index (κ3) is 4.29. The van der Waals surface area contributed by atoms with Crippen molar-refractivity contribution in [3.05, 3.63) is 65.0 Å². The van der Waals surface area contributed by atoms with Gasteiger partial charge in [-0.05, 0) is 37.6 Å². The number of rotatable bonds is 2. The molecule has 0 fully saturated rings. The minimum absolute atomic E-state index is 0. The smallest absolute Gasteiger partial charge is 0.269 e. The Morgan fingerprint density at radius 3 is 2.19 bits per heavy atom. The average molecular weight is 305 g/mol. The van der Waals surface area contributed by atoms with Crippen molar-refractivity contribution in [2.24, 2.45) is 0 Å². The Bertz CT molecular complexity index is 645. The van der Waals surface area contributed by atoms with Crippen LogP contribution in [-0.2, 0) is 0 Å². The fourth-order valence-corrected chi connectivity index (χ4v) is 1.82. The number of nitrogens with one attached hydrogen (secondary N) is 2. The molecule has 0 aliphatic rings. The predicted molar refractivity (Wildman–Crippen MR) is 75.1 cm³/mol. The highest BCUT2D eigenvalue weighted by Gasteiger charge is 2.10. The second-order valence-electron chi connectivity index (χ2n) is 4.46. The summed E-state index contributed by atoms with van der Waals surface area (Å²) in [7, 11) is 0. The lowest BCUT2D eigenvalue weighted by atomic mass is 10.1. The summed E-state index contributed by atoms with van der Waals surface area (Å²) in [6.07, 6.45) is 3.03. The molecule has 0 saturated heterocycles. The molecule has 1 aromatic carbocycles. The molecule has 110 valence electrons. The van der Waals surface area contributed by atoms with Gasteiger partial charge in [0, 0.05) is 23.5 Å². The number of hydrogen-bond donors (Lipinski definition) is 2. The molecule has 0 aliphatic carbocycles. The Morgan fingerprint density at radius 1 is 0.952 bits per heavy atom. The van der Waals surface area contributed by atoms with Gasteiger partial charge in [-0.15, -0.1) is 0 Å². The first kappa shape index (κ1) is 16.7. The number of carbonyl (C=O) groups is 2. The summed E-state index contributed by atoms with van der Waals surface area (Å²) in [5.41, 5.74) is 7.68. The second kappa shape index (κ2) is 7.40. The molecule has 1 heterocycles. The molecule has 1 aromatic heterocycles. The van der Waals surface area contributed by atoms with Crippen LogP contribution in [0.5, 0.6) is 0 Å². The molecule has 21 heavy (non-hydrogen) atoms.